The summed E-state index contributed by atoms with van der Waals surface area (Å²) < 4.78 is 8.39. The standard InChI is InChI=1S/C33H30ClN3O4/c34-26-11-7-22(8-12-26)29-15-6-21(19-38)16-25(29)20-41-28-13-9-23(10-14-28)31-36-30-17-24(33(39)40)18-35-32(30)37(31)27-4-2-1-3-5-27/h6-18,27,38H,1-5,19-20H2,(H,39,40). The minimum Gasteiger partial charge on any atom is -0.489 e. The quantitative estimate of drug-likeness (QED) is 0.199. The minimum atomic E-state index is -1.02. The summed E-state index contributed by atoms with van der Waals surface area (Å²) in [6, 6.07) is 23.2. The highest BCUT2D eigenvalue weighted by Crippen LogP contribution is 2.36. The molecule has 7 nitrogen and oxygen atoms in total. The fraction of sp³-hybridized carbons (Fsp3) is 0.242. The van der Waals surface area contributed by atoms with E-state index in [1.165, 1.54) is 12.6 Å². The normalized spacial score (nSPS) is 13.9. The number of rotatable bonds is 8. The molecule has 0 aliphatic heterocycles. The number of imidazole rings is 1. The number of hydrogen-bond donors (Lipinski definition) is 2. The number of carboxylic acid groups (broad SMARTS) is 1. The van der Waals surface area contributed by atoms with Crippen molar-refractivity contribution in [3.63, 3.8) is 0 Å². The second-order valence-electron chi connectivity index (χ2n) is 10.4. The maximum Gasteiger partial charge on any atom is 0.337 e. The molecule has 0 bridgehead atoms. The van der Waals surface area contributed by atoms with E-state index in [0.717, 1.165) is 65.0 Å². The van der Waals surface area contributed by atoms with Gasteiger partial charge in [0.15, 0.2) is 5.65 Å². The molecule has 2 aromatic heterocycles. The number of fused-ring (bicyclic) bond motifs is 1. The van der Waals surface area contributed by atoms with E-state index in [2.05, 4.69) is 9.55 Å². The first kappa shape index (κ1) is 27.0. The van der Waals surface area contributed by atoms with Gasteiger partial charge in [0.05, 0.1) is 12.2 Å². The van der Waals surface area contributed by atoms with E-state index in [-0.39, 0.29) is 18.2 Å². The molecule has 8 heteroatoms. The molecule has 0 amide bonds. The van der Waals surface area contributed by atoms with Crippen LogP contribution in [-0.2, 0) is 13.2 Å². The van der Waals surface area contributed by atoms with Gasteiger partial charge in [-0.15, -0.1) is 0 Å². The zero-order valence-electron chi connectivity index (χ0n) is 22.5. The molecule has 2 heterocycles. The number of aromatic nitrogens is 3. The highest BCUT2D eigenvalue weighted by molar-refractivity contribution is 6.30. The van der Waals surface area contributed by atoms with Crippen LogP contribution in [0, 0.1) is 0 Å². The molecule has 0 saturated heterocycles. The molecular formula is C33H30ClN3O4. The first-order valence-corrected chi connectivity index (χ1v) is 14.2. The van der Waals surface area contributed by atoms with Crippen LogP contribution in [0.15, 0.2) is 79.0 Å². The third-order valence-corrected chi connectivity index (χ3v) is 7.98. The van der Waals surface area contributed by atoms with Crippen LogP contribution >= 0.6 is 11.6 Å². The van der Waals surface area contributed by atoms with Crippen LogP contribution in [0.5, 0.6) is 5.75 Å². The molecule has 2 N–H and O–H groups in total. The predicted molar refractivity (Wildman–Crippen MR) is 159 cm³/mol. The summed E-state index contributed by atoms with van der Waals surface area (Å²) in [7, 11) is 0. The van der Waals surface area contributed by atoms with Gasteiger partial charge >= 0.3 is 5.97 Å². The van der Waals surface area contributed by atoms with E-state index >= 15 is 0 Å². The number of pyridine rings is 1. The zero-order chi connectivity index (χ0) is 28.3. The summed E-state index contributed by atoms with van der Waals surface area (Å²) in [5.74, 6) is 0.476. The third-order valence-electron chi connectivity index (χ3n) is 7.73. The van der Waals surface area contributed by atoms with E-state index in [1.807, 2.05) is 66.7 Å². The third kappa shape index (κ3) is 5.69. The smallest absolute Gasteiger partial charge is 0.337 e. The summed E-state index contributed by atoms with van der Waals surface area (Å²) >= 11 is 6.09. The van der Waals surface area contributed by atoms with Crippen LogP contribution in [0.25, 0.3) is 33.7 Å². The Morgan fingerprint density at radius 3 is 2.39 bits per heavy atom. The molecule has 208 valence electrons. The van der Waals surface area contributed by atoms with Gasteiger partial charge < -0.3 is 19.5 Å². The van der Waals surface area contributed by atoms with Crippen LogP contribution in [0.1, 0.15) is 59.6 Å². The fourth-order valence-electron chi connectivity index (χ4n) is 5.63. The number of carbonyl (C=O) groups is 1. The topological polar surface area (TPSA) is 97.5 Å². The van der Waals surface area contributed by atoms with Crippen molar-refractivity contribution in [3.8, 4) is 28.3 Å². The number of carboxylic acids is 1. The van der Waals surface area contributed by atoms with Crippen molar-refractivity contribution in [1.29, 1.82) is 0 Å². The Hall–Kier alpha value is -4.20. The number of ether oxygens (including phenoxy) is 1. The predicted octanol–water partition coefficient (Wildman–Crippen LogP) is 7.69. The molecule has 0 spiro atoms. The molecule has 41 heavy (non-hydrogen) atoms. The molecule has 5 aromatic rings. The molecule has 1 aliphatic rings. The average Bonchev–Trinajstić information content (AvgIpc) is 3.40. The number of aliphatic hydroxyl groups excluding tert-OH is 1. The monoisotopic (exact) mass is 567 g/mol. The molecule has 6 rings (SSSR count). The second-order valence-corrected chi connectivity index (χ2v) is 10.9. The Morgan fingerprint density at radius 1 is 0.951 bits per heavy atom. The van der Waals surface area contributed by atoms with Gasteiger partial charge in [-0.05, 0) is 83.6 Å². The van der Waals surface area contributed by atoms with E-state index in [0.29, 0.717) is 22.9 Å². The van der Waals surface area contributed by atoms with Gasteiger partial charge in [-0.1, -0.05) is 55.1 Å². The molecule has 0 atom stereocenters. The zero-order valence-corrected chi connectivity index (χ0v) is 23.2. The summed E-state index contributed by atoms with van der Waals surface area (Å²) in [6.07, 6.45) is 7.03. The Morgan fingerprint density at radius 2 is 1.68 bits per heavy atom. The van der Waals surface area contributed by atoms with Crippen molar-refractivity contribution < 1.29 is 19.7 Å². The van der Waals surface area contributed by atoms with Gasteiger partial charge in [0.1, 0.15) is 23.7 Å². The van der Waals surface area contributed by atoms with E-state index in [9.17, 15) is 15.0 Å². The highest BCUT2D eigenvalue weighted by atomic mass is 35.5. The van der Waals surface area contributed by atoms with Crippen LogP contribution < -0.4 is 4.74 Å². The van der Waals surface area contributed by atoms with Gasteiger partial charge in [-0.25, -0.2) is 14.8 Å². The largest absolute Gasteiger partial charge is 0.489 e. The lowest BCUT2D eigenvalue weighted by Gasteiger charge is -2.25. The number of nitrogens with zero attached hydrogens (tertiary/aromatic N) is 3. The molecule has 0 unspecified atom stereocenters. The first-order valence-electron chi connectivity index (χ1n) is 13.8. The van der Waals surface area contributed by atoms with Crippen molar-refractivity contribution in [2.75, 3.05) is 0 Å². The summed E-state index contributed by atoms with van der Waals surface area (Å²) in [5, 5.41) is 19.8. The number of aliphatic hydroxyl groups is 1. The average molecular weight is 568 g/mol. The van der Waals surface area contributed by atoms with Gasteiger partial charge in [-0.3, -0.25) is 0 Å². The van der Waals surface area contributed by atoms with Gasteiger partial charge in [-0.2, -0.15) is 0 Å². The summed E-state index contributed by atoms with van der Waals surface area (Å²) in [5.41, 5.74) is 6.17. The second kappa shape index (κ2) is 11.7. The SMILES string of the molecule is O=C(O)c1cnc2c(c1)nc(-c1ccc(OCc3cc(CO)ccc3-c3ccc(Cl)cc3)cc1)n2C1CCCCC1. The highest BCUT2D eigenvalue weighted by Gasteiger charge is 2.24. The molecule has 3 aromatic carbocycles. The molecular weight excluding hydrogens is 538 g/mol. The number of benzene rings is 3. The Balaban J connectivity index is 1.29. The van der Waals surface area contributed by atoms with Gasteiger partial charge in [0.25, 0.3) is 0 Å². The first-order chi connectivity index (χ1) is 20.0. The van der Waals surface area contributed by atoms with Crippen LogP contribution in [-0.4, -0.2) is 30.7 Å². The lowest BCUT2D eigenvalue weighted by atomic mass is 9.95. The number of halogens is 1. The lowest BCUT2D eigenvalue weighted by molar-refractivity contribution is 0.0696. The van der Waals surface area contributed by atoms with Crippen LogP contribution in [0.2, 0.25) is 5.02 Å². The lowest BCUT2D eigenvalue weighted by Crippen LogP contribution is -2.14. The Kier molecular flexibility index (Phi) is 7.72. The van der Waals surface area contributed by atoms with Gasteiger partial charge in [0.2, 0.25) is 0 Å². The van der Waals surface area contributed by atoms with E-state index < -0.39 is 5.97 Å². The Bertz CT molecular complexity index is 1690. The fourth-order valence-corrected chi connectivity index (χ4v) is 5.75. The van der Waals surface area contributed by atoms with Crippen molar-refractivity contribution in [2.45, 2.75) is 51.4 Å². The number of hydrogen-bond acceptors (Lipinski definition) is 5. The van der Waals surface area contributed by atoms with E-state index in [4.69, 9.17) is 21.3 Å². The summed E-state index contributed by atoms with van der Waals surface area (Å²) in [4.78, 5) is 20.9. The van der Waals surface area contributed by atoms with Crippen LogP contribution in [0.3, 0.4) is 0 Å². The molecule has 1 saturated carbocycles. The Labute approximate surface area is 243 Å². The van der Waals surface area contributed by atoms with Crippen molar-refractivity contribution >= 4 is 28.7 Å². The van der Waals surface area contributed by atoms with Crippen molar-refractivity contribution in [1.82, 2.24) is 14.5 Å². The molecule has 0 radical (unpaired) electrons. The minimum absolute atomic E-state index is 0.0482. The van der Waals surface area contributed by atoms with Crippen molar-refractivity contribution in [3.05, 3.63) is 101 Å². The number of aromatic carboxylic acids is 1. The van der Waals surface area contributed by atoms with Crippen molar-refractivity contribution in [2.24, 2.45) is 0 Å². The maximum absolute atomic E-state index is 11.6. The van der Waals surface area contributed by atoms with E-state index in [1.54, 1.807) is 6.07 Å². The van der Waals surface area contributed by atoms with Crippen LogP contribution in [0.4, 0.5) is 0 Å². The van der Waals surface area contributed by atoms with Gasteiger partial charge in [0, 0.05) is 22.8 Å². The summed E-state index contributed by atoms with van der Waals surface area (Å²) in [6.45, 7) is 0.279. The maximum atomic E-state index is 11.6. The molecule has 1 aliphatic carbocycles. The molecule has 1 fully saturated rings.